The number of hydrogen-bond donors (Lipinski definition) is 1. The second-order valence-electron chi connectivity index (χ2n) is 6.14. The van der Waals surface area contributed by atoms with E-state index >= 15 is 0 Å². The number of para-hydroxylation sites is 1. The first-order chi connectivity index (χ1) is 14.7. The Morgan fingerprint density at radius 1 is 0.933 bits per heavy atom. The lowest BCUT2D eigenvalue weighted by atomic mass is 10.1. The van der Waals surface area contributed by atoms with Gasteiger partial charge < -0.3 is 9.15 Å². The van der Waals surface area contributed by atoms with E-state index in [4.69, 9.17) is 21.4 Å². The molecule has 0 saturated carbocycles. The van der Waals surface area contributed by atoms with Gasteiger partial charge in [0, 0.05) is 5.56 Å². The van der Waals surface area contributed by atoms with Crippen LogP contribution in [0, 0.1) is 4.84 Å². The third-order valence-corrected chi connectivity index (χ3v) is 4.33. The number of aromatic nitrogens is 2. The molecule has 4 aromatic rings. The topological polar surface area (TPSA) is 88.1 Å². The number of benzene rings is 3. The minimum Gasteiger partial charge on any atom is -0.496 e. The van der Waals surface area contributed by atoms with Crippen LogP contribution >= 0.6 is 12.2 Å². The van der Waals surface area contributed by atoms with Crippen molar-refractivity contribution in [2.75, 3.05) is 7.11 Å². The molecule has 0 saturated heterocycles. The highest BCUT2D eigenvalue weighted by molar-refractivity contribution is 7.71. The Hall–Kier alpha value is -3.91. The van der Waals surface area contributed by atoms with Crippen molar-refractivity contribution in [2.45, 2.75) is 0 Å². The lowest BCUT2D eigenvalue weighted by molar-refractivity contribution is 0.414. The summed E-state index contributed by atoms with van der Waals surface area (Å²) in [6, 6.07) is 24.4. The number of aliphatic imine (C=N–C) groups is 1. The van der Waals surface area contributed by atoms with Crippen molar-refractivity contribution in [3.05, 3.63) is 89.3 Å². The van der Waals surface area contributed by atoms with Crippen molar-refractivity contribution >= 4 is 29.4 Å². The number of nitrogens with zero attached hydrogens (tertiary/aromatic N) is 4. The number of ether oxygens (including phenoxy) is 1. The number of hydrogen-bond acceptors (Lipinski definition) is 6. The Labute approximate surface area is 177 Å². The number of azo groups is 1. The Morgan fingerprint density at radius 2 is 1.67 bits per heavy atom. The molecular formula is C22H17N5O2S. The molecule has 4 rings (SSSR count). The quantitative estimate of drug-likeness (QED) is 0.180. The molecule has 8 heteroatoms. The first-order valence-corrected chi connectivity index (χ1v) is 9.48. The summed E-state index contributed by atoms with van der Waals surface area (Å²) in [4.78, 5) is 4.92. The average molecular weight is 415 g/mol. The van der Waals surface area contributed by atoms with E-state index < -0.39 is 0 Å². The SMILES string of the molecule is COc1ccccc1C(N=Nc1ccccc1)=Nc1ccc(-c2n[nH]c(=S)o2)cc1. The molecule has 0 fully saturated rings. The maximum atomic E-state index is 5.48. The van der Waals surface area contributed by atoms with Gasteiger partial charge in [-0.15, -0.1) is 15.3 Å². The third-order valence-electron chi connectivity index (χ3n) is 4.15. The van der Waals surface area contributed by atoms with Gasteiger partial charge in [-0.2, -0.15) is 0 Å². The van der Waals surface area contributed by atoms with Crippen LogP contribution in [-0.4, -0.2) is 23.1 Å². The van der Waals surface area contributed by atoms with Gasteiger partial charge in [0.2, 0.25) is 5.89 Å². The zero-order valence-corrected chi connectivity index (χ0v) is 16.8. The van der Waals surface area contributed by atoms with Gasteiger partial charge in [0.25, 0.3) is 4.84 Å². The van der Waals surface area contributed by atoms with Crippen LogP contribution in [0.5, 0.6) is 5.75 Å². The van der Waals surface area contributed by atoms with Crippen LogP contribution in [0.15, 0.2) is 98.5 Å². The molecular weight excluding hydrogens is 398 g/mol. The molecule has 0 bridgehead atoms. The minimum absolute atomic E-state index is 0.229. The largest absolute Gasteiger partial charge is 0.496 e. The Morgan fingerprint density at radius 3 is 2.37 bits per heavy atom. The number of rotatable bonds is 5. The Bertz CT molecular complexity index is 1240. The number of aromatic amines is 1. The van der Waals surface area contributed by atoms with Gasteiger partial charge in [0.15, 0.2) is 5.84 Å². The summed E-state index contributed by atoms with van der Waals surface area (Å²) in [5.41, 5.74) is 2.95. The molecule has 0 aliphatic rings. The van der Waals surface area contributed by atoms with Crippen LogP contribution in [0.2, 0.25) is 0 Å². The molecule has 0 aliphatic heterocycles. The van der Waals surface area contributed by atoms with Crippen molar-refractivity contribution in [1.82, 2.24) is 10.2 Å². The smallest absolute Gasteiger partial charge is 0.284 e. The van der Waals surface area contributed by atoms with E-state index in [1.807, 2.05) is 78.9 Å². The lowest BCUT2D eigenvalue weighted by Crippen LogP contribution is -2.00. The number of nitrogens with one attached hydrogen (secondary N) is 1. The second-order valence-corrected chi connectivity index (χ2v) is 6.51. The van der Waals surface area contributed by atoms with E-state index in [-0.39, 0.29) is 4.84 Å². The fourth-order valence-corrected chi connectivity index (χ4v) is 2.84. The van der Waals surface area contributed by atoms with Crippen molar-refractivity contribution in [3.8, 4) is 17.2 Å². The number of methoxy groups -OCH3 is 1. The van der Waals surface area contributed by atoms with Crippen molar-refractivity contribution in [2.24, 2.45) is 15.2 Å². The summed E-state index contributed by atoms with van der Waals surface area (Å²) in [6.07, 6.45) is 0. The molecule has 3 aromatic carbocycles. The van der Waals surface area contributed by atoms with Crippen LogP contribution in [0.3, 0.4) is 0 Å². The predicted molar refractivity (Wildman–Crippen MR) is 117 cm³/mol. The molecule has 0 unspecified atom stereocenters. The standard InChI is InChI=1S/C22H17N5O2S/c1-28-19-10-6-5-9-18(19)20(25-24-17-7-3-2-4-8-17)23-16-13-11-15(12-14-16)21-26-27-22(30)29-21/h2-14H,1H3,(H,27,30). The fraction of sp³-hybridized carbons (Fsp3) is 0.0455. The van der Waals surface area contributed by atoms with Crippen molar-refractivity contribution in [1.29, 1.82) is 0 Å². The predicted octanol–water partition coefficient (Wildman–Crippen LogP) is 6.27. The molecule has 148 valence electrons. The van der Waals surface area contributed by atoms with Crippen LogP contribution < -0.4 is 4.74 Å². The molecule has 30 heavy (non-hydrogen) atoms. The first-order valence-electron chi connectivity index (χ1n) is 9.08. The molecule has 1 N–H and O–H groups in total. The monoisotopic (exact) mass is 415 g/mol. The molecule has 7 nitrogen and oxygen atoms in total. The average Bonchev–Trinajstić information content (AvgIpc) is 3.24. The molecule has 0 amide bonds. The summed E-state index contributed by atoms with van der Waals surface area (Å²) in [5, 5.41) is 15.4. The van der Waals surface area contributed by atoms with Gasteiger partial charge >= 0.3 is 0 Å². The van der Waals surface area contributed by atoms with Gasteiger partial charge in [-0.05, 0) is 60.7 Å². The summed E-state index contributed by atoms with van der Waals surface area (Å²) in [7, 11) is 1.61. The van der Waals surface area contributed by atoms with E-state index in [1.54, 1.807) is 7.11 Å². The van der Waals surface area contributed by atoms with E-state index in [9.17, 15) is 0 Å². The summed E-state index contributed by atoms with van der Waals surface area (Å²) in [6.45, 7) is 0. The van der Waals surface area contributed by atoms with Gasteiger partial charge in [-0.3, -0.25) is 0 Å². The minimum atomic E-state index is 0.229. The van der Waals surface area contributed by atoms with Crippen LogP contribution in [0.1, 0.15) is 5.56 Å². The lowest BCUT2D eigenvalue weighted by Gasteiger charge is -2.07. The number of H-pyrrole nitrogens is 1. The Balaban J connectivity index is 1.72. The molecule has 0 radical (unpaired) electrons. The van der Waals surface area contributed by atoms with Gasteiger partial charge in [0.1, 0.15) is 5.75 Å². The van der Waals surface area contributed by atoms with Gasteiger partial charge in [-0.25, -0.2) is 10.1 Å². The normalized spacial score (nSPS) is 11.7. The molecule has 1 heterocycles. The van der Waals surface area contributed by atoms with E-state index in [1.165, 1.54) is 0 Å². The van der Waals surface area contributed by atoms with Gasteiger partial charge in [-0.1, -0.05) is 30.3 Å². The van der Waals surface area contributed by atoms with Crippen LogP contribution in [0.4, 0.5) is 11.4 Å². The number of amidine groups is 1. The highest BCUT2D eigenvalue weighted by Gasteiger charge is 2.10. The van der Waals surface area contributed by atoms with Crippen LogP contribution in [0.25, 0.3) is 11.5 Å². The Kier molecular flexibility index (Phi) is 5.86. The zero-order chi connectivity index (χ0) is 20.8. The highest BCUT2D eigenvalue weighted by Crippen LogP contribution is 2.25. The fourth-order valence-electron chi connectivity index (χ4n) is 2.72. The summed E-state index contributed by atoms with van der Waals surface area (Å²) < 4.78 is 10.8. The zero-order valence-electron chi connectivity index (χ0n) is 16.0. The van der Waals surface area contributed by atoms with E-state index in [0.717, 1.165) is 16.8 Å². The second kappa shape index (κ2) is 9.06. The van der Waals surface area contributed by atoms with Crippen molar-refractivity contribution in [3.63, 3.8) is 0 Å². The van der Waals surface area contributed by atoms with E-state index in [0.29, 0.717) is 23.2 Å². The summed E-state index contributed by atoms with van der Waals surface area (Å²) in [5.74, 6) is 1.51. The molecule has 0 spiro atoms. The van der Waals surface area contributed by atoms with Gasteiger partial charge in [0.05, 0.1) is 24.0 Å². The third kappa shape index (κ3) is 4.56. The van der Waals surface area contributed by atoms with E-state index in [2.05, 4.69) is 25.4 Å². The van der Waals surface area contributed by atoms with Crippen molar-refractivity contribution < 1.29 is 9.15 Å². The molecule has 1 aromatic heterocycles. The summed E-state index contributed by atoms with van der Waals surface area (Å²) >= 11 is 4.92. The molecule has 0 atom stereocenters. The van der Waals surface area contributed by atoms with Crippen LogP contribution in [-0.2, 0) is 0 Å². The first kappa shape index (κ1) is 19.4. The maximum Gasteiger partial charge on any atom is 0.284 e. The molecule has 0 aliphatic carbocycles. The highest BCUT2D eigenvalue weighted by atomic mass is 32.1. The maximum absolute atomic E-state index is 5.48.